The number of nitrogens with zero attached hydrogens (tertiary/aromatic N) is 1. The van der Waals surface area contributed by atoms with E-state index in [4.69, 9.17) is 0 Å². The monoisotopic (exact) mass is 349 g/mol. The highest BCUT2D eigenvalue weighted by atomic mass is 32.2. The van der Waals surface area contributed by atoms with Gasteiger partial charge in [-0.3, -0.25) is 5.43 Å². The minimum atomic E-state index is -3.24. The quantitative estimate of drug-likeness (QED) is 0.437. The number of anilines is 1. The molecule has 0 heterocycles. The van der Waals surface area contributed by atoms with Gasteiger partial charge in [-0.2, -0.15) is 5.10 Å². The third-order valence-corrected chi connectivity index (χ3v) is 5.23. The highest BCUT2D eigenvalue weighted by Gasteiger charge is 2.07. The SMILES string of the molecule is CNS(=O)(=O)Cc1ccc(N/N=C/CSc2ccccc2)cc1. The Kier molecular flexibility index (Phi) is 6.64. The third kappa shape index (κ3) is 6.43. The van der Waals surface area contributed by atoms with E-state index in [-0.39, 0.29) is 5.75 Å². The van der Waals surface area contributed by atoms with Crippen LogP contribution in [0.25, 0.3) is 0 Å². The van der Waals surface area contributed by atoms with Gasteiger partial charge < -0.3 is 0 Å². The molecule has 0 aliphatic carbocycles. The van der Waals surface area contributed by atoms with Crippen molar-refractivity contribution < 1.29 is 8.42 Å². The molecule has 0 atom stereocenters. The van der Waals surface area contributed by atoms with E-state index >= 15 is 0 Å². The van der Waals surface area contributed by atoms with Crippen molar-refractivity contribution in [3.05, 3.63) is 60.2 Å². The number of rotatable bonds is 8. The molecule has 5 nitrogen and oxygen atoms in total. The summed E-state index contributed by atoms with van der Waals surface area (Å²) >= 11 is 1.70. The lowest BCUT2D eigenvalue weighted by molar-refractivity contribution is 0.587. The van der Waals surface area contributed by atoms with Gasteiger partial charge in [0.05, 0.1) is 11.4 Å². The molecule has 2 rings (SSSR count). The van der Waals surface area contributed by atoms with Gasteiger partial charge in [-0.25, -0.2) is 13.1 Å². The van der Waals surface area contributed by atoms with E-state index in [1.807, 2.05) is 30.3 Å². The van der Waals surface area contributed by atoms with Gasteiger partial charge in [0.2, 0.25) is 10.0 Å². The normalized spacial score (nSPS) is 11.7. The number of hydrogen-bond acceptors (Lipinski definition) is 5. The van der Waals surface area contributed by atoms with Crippen LogP contribution in [0.3, 0.4) is 0 Å². The van der Waals surface area contributed by atoms with Crippen LogP contribution in [0.5, 0.6) is 0 Å². The molecule has 0 bridgehead atoms. The predicted octanol–water partition coefficient (Wildman–Crippen LogP) is 2.93. The second-order valence-electron chi connectivity index (χ2n) is 4.71. The van der Waals surface area contributed by atoms with Crippen LogP contribution >= 0.6 is 11.8 Å². The fourth-order valence-electron chi connectivity index (χ4n) is 1.77. The molecular weight excluding hydrogens is 330 g/mol. The molecule has 2 N–H and O–H groups in total. The summed E-state index contributed by atoms with van der Waals surface area (Å²) < 4.78 is 25.2. The Morgan fingerprint density at radius 1 is 1.09 bits per heavy atom. The molecule has 0 fully saturated rings. The molecular formula is C16H19N3O2S2. The van der Waals surface area contributed by atoms with E-state index in [2.05, 4.69) is 27.4 Å². The molecule has 122 valence electrons. The lowest BCUT2D eigenvalue weighted by Gasteiger charge is -2.04. The topological polar surface area (TPSA) is 70.6 Å². The first-order chi connectivity index (χ1) is 11.1. The summed E-state index contributed by atoms with van der Waals surface area (Å²) in [7, 11) is -1.83. The Labute approximate surface area is 141 Å². The average Bonchev–Trinajstić information content (AvgIpc) is 2.57. The number of benzene rings is 2. The molecule has 0 amide bonds. The summed E-state index contributed by atoms with van der Waals surface area (Å²) in [5.41, 5.74) is 4.47. The first-order valence-corrected chi connectivity index (χ1v) is 9.68. The zero-order valence-corrected chi connectivity index (χ0v) is 14.4. The van der Waals surface area contributed by atoms with Crippen LogP contribution < -0.4 is 10.1 Å². The van der Waals surface area contributed by atoms with Crippen LogP contribution in [0, 0.1) is 0 Å². The van der Waals surface area contributed by atoms with E-state index in [9.17, 15) is 8.42 Å². The summed E-state index contributed by atoms with van der Waals surface area (Å²) in [4.78, 5) is 1.20. The van der Waals surface area contributed by atoms with Crippen molar-refractivity contribution in [2.45, 2.75) is 10.6 Å². The van der Waals surface area contributed by atoms with Gasteiger partial charge in [0.25, 0.3) is 0 Å². The Morgan fingerprint density at radius 3 is 2.43 bits per heavy atom. The summed E-state index contributed by atoms with van der Waals surface area (Å²) in [5, 5.41) is 4.15. The molecule has 2 aromatic carbocycles. The number of sulfonamides is 1. The van der Waals surface area contributed by atoms with E-state index in [0.29, 0.717) is 0 Å². The number of nitrogens with one attached hydrogen (secondary N) is 2. The molecule has 0 aliphatic heterocycles. The molecule has 0 unspecified atom stereocenters. The third-order valence-electron chi connectivity index (χ3n) is 2.97. The molecule has 7 heteroatoms. The molecule has 0 spiro atoms. The van der Waals surface area contributed by atoms with Gasteiger partial charge in [-0.1, -0.05) is 30.3 Å². The highest BCUT2D eigenvalue weighted by Crippen LogP contribution is 2.15. The lowest BCUT2D eigenvalue weighted by atomic mass is 10.2. The van der Waals surface area contributed by atoms with E-state index < -0.39 is 10.0 Å². The minimum absolute atomic E-state index is 0.0270. The van der Waals surface area contributed by atoms with Crippen molar-refractivity contribution in [3.63, 3.8) is 0 Å². The minimum Gasteiger partial charge on any atom is -0.279 e. The van der Waals surface area contributed by atoms with Gasteiger partial charge in [-0.15, -0.1) is 11.8 Å². The molecule has 0 aliphatic rings. The predicted molar refractivity (Wildman–Crippen MR) is 97.4 cm³/mol. The Hall–Kier alpha value is -1.83. The van der Waals surface area contributed by atoms with E-state index in [1.54, 1.807) is 30.1 Å². The van der Waals surface area contributed by atoms with Crippen LogP contribution in [-0.2, 0) is 15.8 Å². The number of thioether (sulfide) groups is 1. The average molecular weight is 349 g/mol. The van der Waals surface area contributed by atoms with E-state index in [1.165, 1.54) is 11.9 Å². The van der Waals surface area contributed by atoms with Gasteiger partial charge in [0.1, 0.15) is 0 Å². The van der Waals surface area contributed by atoms with Crippen LogP contribution in [0.1, 0.15) is 5.56 Å². The smallest absolute Gasteiger partial charge is 0.215 e. The van der Waals surface area contributed by atoms with Crippen LogP contribution in [0.15, 0.2) is 64.6 Å². The fourth-order valence-corrected chi connectivity index (χ4v) is 3.24. The van der Waals surface area contributed by atoms with Crippen molar-refractivity contribution in [1.29, 1.82) is 0 Å². The molecule has 0 saturated heterocycles. The van der Waals surface area contributed by atoms with E-state index in [0.717, 1.165) is 17.0 Å². The van der Waals surface area contributed by atoms with Crippen molar-refractivity contribution in [3.8, 4) is 0 Å². The van der Waals surface area contributed by atoms with Gasteiger partial charge >= 0.3 is 0 Å². The standard InChI is InChI=1S/C16H19N3O2S2/c1-17-23(20,21)13-14-7-9-15(10-8-14)19-18-11-12-22-16-5-3-2-4-6-16/h2-11,17,19H,12-13H2,1H3/b18-11+. The largest absolute Gasteiger partial charge is 0.279 e. The summed E-state index contributed by atoms with van der Waals surface area (Å²) in [6.07, 6.45) is 1.80. The molecule has 2 aromatic rings. The zero-order valence-electron chi connectivity index (χ0n) is 12.8. The number of hydrazone groups is 1. The van der Waals surface area contributed by atoms with Gasteiger partial charge in [0, 0.05) is 16.9 Å². The second kappa shape index (κ2) is 8.71. The zero-order chi connectivity index (χ0) is 16.5. The van der Waals surface area contributed by atoms with Crippen molar-refractivity contribution in [2.75, 3.05) is 18.2 Å². The van der Waals surface area contributed by atoms with Gasteiger partial charge in [0.15, 0.2) is 0 Å². The number of hydrogen-bond donors (Lipinski definition) is 2. The second-order valence-corrected chi connectivity index (χ2v) is 7.73. The molecule has 0 aromatic heterocycles. The van der Waals surface area contributed by atoms with Crippen LogP contribution in [-0.4, -0.2) is 27.4 Å². The summed E-state index contributed by atoms with van der Waals surface area (Å²) in [6.45, 7) is 0. The summed E-state index contributed by atoms with van der Waals surface area (Å²) in [6, 6.07) is 17.3. The fraction of sp³-hybridized carbons (Fsp3) is 0.188. The Balaban J connectivity index is 1.78. The van der Waals surface area contributed by atoms with Crippen molar-refractivity contribution in [1.82, 2.24) is 4.72 Å². The Morgan fingerprint density at radius 2 is 1.78 bits per heavy atom. The van der Waals surface area contributed by atoms with Crippen molar-refractivity contribution >= 4 is 33.7 Å². The van der Waals surface area contributed by atoms with Crippen LogP contribution in [0.4, 0.5) is 5.69 Å². The molecule has 23 heavy (non-hydrogen) atoms. The maximum Gasteiger partial charge on any atom is 0.215 e. The Bertz CT molecular complexity index is 730. The van der Waals surface area contributed by atoms with Gasteiger partial charge in [-0.05, 0) is 36.9 Å². The first-order valence-electron chi connectivity index (χ1n) is 7.04. The lowest BCUT2D eigenvalue weighted by Crippen LogP contribution is -2.20. The highest BCUT2D eigenvalue weighted by molar-refractivity contribution is 7.99. The van der Waals surface area contributed by atoms with Crippen molar-refractivity contribution in [2.24, 2.45) is 5.10 Å². The summed E-state index contributed by atoms with van der Waals surface area (Å²) in [5.74, 6) is 0.746. The molecule has 0 radical (unpaired) electrons. The van der Waals surface area contributed by atoms with Crippen LogP contribution in [0.2, 0.25) is 0 Å². The molecule has 0 saturated carbocycles. The maximum atomic E-state index is 11.5. The first kappa shape index (κ1) is 17.5. The maximum absolute atomic E-state index is 11.5.